The van der Waals surface area contributed by atoms with E-state index in [1.165, 1.54) is 25.5 Å². The largest absolute Gasteiger partial charge is 0.494 e. The van der Waals surface area contributed by atoms with Crippen molar-refractivity contribution in [3.63, 3.8) is 0 Å². The van der Waals surface area contributed by atoms with Crippen LogP contribution in [0.3, 0.4) is 0 Å². The van der Waals surface area contributed by atoms with E-state index >= 15 is 0 Å². The summed E-state index contributed by atoms with van der Waals surface area (Å²) in [5.41, 5.74) is 2.33. The van der Waals surface area contributed by atoms with E-state index in [9.17, 15) is 4.39 Å². The summed E-state index contributed by atoms with van der Waals surface area (Å²) in [5.74, 6) is -0.00196. The Labute approximate surface area is 108 Å². The van der Waals surface area contributed by atoms with Gasteiger partial charge in [-0.25, -0.2) is 4.39 Å². The Hall–Kier alpha value is -1.35. The highest BCUT2D eigenvalue weighted by molar-refractivity contribution is 5.35. The van der Waals surface area contributed by atoms with Crippen LogP contribution in [-0.4, -0.2) is 14.2 Å². The lowest BCUT2D eigenvalue weighted by molar-refractivity contribution is 0.385. The van der Waals surface area contributed by atoms with Gasteiger partial charge < -0.3 is 10.1 Å². The van der Waals surface area contributed by atoms with Crippen LogP contribution >= 0.6 is 0 Å². The van der Waals surface area contributed by atoms with Gasteiger partial charge in [0.25, 0.3) is 0 Å². The summed E-state index contributed by atoms with van der Waals surface area (Å²) >= 11 is 0. The zero-order valence-electron chi connectivity index (χ0n) is 11.0. The maximum atomic E-state index is 13.7. The Kier molecular flexibility index (Phi) is 4.37. The van der Waals surface area contributed by atoms with Crippen LogP contribution in [0.15, 0.2) is 29.8 Å². The summed E-state index contributed by atoms with van der Waals surface area (Å²) in [7, 11) is 3.40. The van der Waals surface area contributed by atoms with E-state index in [4.69, 9.17) is 4.74 Å². The number of ether oxygens (including phenoxy) is 1. The first-order chi connectivity index (χ1) is 8.76. The number of nitrogens with one attached hydrogen (secondary N) is 1. The van der Waals surface area contributed by atoms with Crippen molar-refractivity contribution in [1.82, 2.24) is 5.32 Å². The molecule has 3 heteroatoms. The summed E-state index contributed by atoms with van der Waals surface area (Å²) in [5, 5.41) is 3.28. The van der Waals surface area contributed by atoms with E-state index < -0.39 is 0 Å². The molecule has 0 aromatic heterocycles. The monoisotopic (exact) mass is 249 g/mol. The summed E-state index contributed by atoms with van der Waals surface area (Å²) in [6.45, 7) is 0. The van der Waals surface area contributed by atoms with Crippen LogP contribution < -0.4 is 10.1 Å². The predicted molar refractivity (Wildman–Crippen MR) is 71.3 cm³/mol. The van der Waals surface area contributed by atoms with Gasteiger partial charge in [0.2, 0.25) is 0 Å². The lowest BCUT2D eigenvalue weighted by Crippen LogP contribution is -2.20. The number of halogens is 1. The molecule has 1 aromatic carbocycles. The van der Waals surface area contributed by atoms with E-state index in [0.29, 0.717) is 5.75 Å². The zero-order valence-corrected chi connectivity index (χ0v) is 11.0. The van der Waals surface area contributed by atoms with Gasteiger partial charge in [-0.1, -0.05) is 17.7 Å². The maximum absolute atomic E-state index is 13.7. The molecule has 0 aliphatic heterocycles. The molecule has 0 bridgehead atoms. The smallest absolute Gasteiger partial charge is 0.165 e. The molecule has 1 N–H and O–H groups in total. The molecule has 98 valence electrons. The third-order valence-corrected chi connectivity index (χ3v) is 3.49. The Morgan fingerprint density at radius 2 is 2.17 bits per heavy atom. The Morgan fingerprint density at radius 1 is 1.33 bits per heavy atom. The fourth-order valence-electron chi connectivity index (χ4n) is 2.55. The first-order valence-corrected chi connectivity index (χ1v) is 6.46. The molecule has 1 atom stereocenters. The van der Waals surface area contributed by atoms with Crippen molar-refractivity contribution in [1.29, 1.82) is 0 Å². The average molecular weight is 249 g/mol. The molecule has 0 radical (unpaired) electrons. The number of likely N-dealkylation sites (N-methyl/N-ethyl adjacent to an activating group) is 1. The minimum atomic E-state index is -0.299. The van der Waals surface area contributed by atoms with Gasteiger partial charge in [0.15, 0.2) is 11.6 Å². The van der Waals surface area contributed by atoms with Gasteiger partial charge in [-0.3, -0.25) is 0 Å². The van der Waals surface area contributed by atoms with Crippen molar-refractivity contribution in [3.05, 3.63) is 41.2 Å². The fraction of sp³-hybridized carbons (Fsp3) is 0.467. The molecule has 1 aliphatic rings. The molecule has 0 heterocycles. The minimum Gasteiger partial charge on any atom is -0.494 e. The van der Waals surface area contributed by atoms with Crippen molar-refractivity contribution >= 4 is 0 Å². The molecule has 1 aromatic rings. The van der Waals surface area contributed by atoms with Crippen LogP contribution in [0.1, 0.15) is 37.3 Å². The van der Waals surface area contributed by atoms with Gasteiger partial charge in [-0.15, -0.1) is 0 Å². The summed E-state index contributed by atoms with van der Waals surface area (Å²) in [4.78, 5) is 0. The van der Waals surface area contributed by atoms with Crippen molar-refractivity contribution in [2.24, 2.45) is 0 Å². The molecule has 1 aliphatic carbocycles. The summed E-state index contributed by atoms with van der Waals surface area (Å²) < 4.78 is 18.7. The number of benzene rings is 1. The van der Waals surface area contributed by atoms with Crippen LogP contribution in [0.25, 0.3) is 0 Å². The fourth-order valence-corrected chi connectivity index (χ4v) is 2.55. The lowest BCUT2D eigenvalue weighted by Gasteiger charge is -2.23. The molecule has 1 unspecified atom stereocenters. The van der Waals surface area contributed by atoms with Crippen LogP contribution in [-0.2, 0) is 0 Å². The van der Waals surface area contributed by atoms with E-state index in [0.717, 1.165) is 18.4 Å². The van der Waals surface area contributed by atoms with Crippen LogP contribution in [0.4, 0.5) is 4.39 Å². The highest BCUT2D eigenvalue weighted by Gasteiger charge is 2.17. The van der Waals surface area contributed by atoms with E-state index in [1.54, 1.807) is 12.1 Å². The van der Waals surface area contributed by atoms with E-state index in [2.05, 4.69) is 11.4 Å². The molecule has 0 fully saturated rings. The Bertz CT molecular complexity index is 442. The third-order valence-electron chi connectivity index (χ3n) is 3.49. The SMILES string of the molecule is CNC(C1=CCCCC1)c1ccc(OC)c(F)c1. The summed E-state index contributed by atoms with van der Waals surface area (Å²) in [6, 6.07) is 5.30. The molecule has 2 rings (SSSR count). The highest BCUT2D eigenvalue weighted by atomic mass is 19.1. The zero-order chi connectivity index (χ0) is 13.0. The number of rotatable bonds is 4. The molecular formula is C15H20FNO. The van der Waals surface area contributed by atoms with Crippen molar-refractivity contribution in [3.8, 4) is 5.75 Å². The molecule has 0 amide bonds. The van der Waals surface area contributed by atoms with E-state index in [1.807, 2.05) is 13.1 Å². The van der Waals surface area contributed by atoms with Crippen LogP contribution in [0, 0.1) is 5.82 Å². The van der Waals surface area contributed by atoms with Gasteiger partial charge in [0.1, 0.15) is 0 Å². The molecule has 0 saturated carbocycles. The quantitative estimate of drug-likeness (QED) is 0.823. The first kappa shape index (κ1) is 13.1. The minimum absolute atomic E-state index is 0.116. The predicted octanol–water partition coefficient (Wildman–Crippen LogP) is 3.60. The maximum Gasteiger partial charge on any atom is 0.165 e. The first-order valence-electron chi connectivity index (χ1n) is 6.46. The second-order valence-corrected chi connectivity index (χ2v) is 4.64. The Morgan fingerprint density at radius 3 is 2.72 bits per heavy atom. The average Bonchev–Trinajstić information content (AvgIpc) is 2.41. The molecule has 0 spiro atoms. The van der Waals surface area contributed by atoms with Crippen molar-refractivity contribution in [2.45, 2.75) is 31.7 Å². The normalized spacial score (nSPS) is 17.2. The van der Waals surface area contributed by atoms with Gasteiger partial charge in [0.05, 0.1) is 13.2 Å². The van der Waals surface area contributed by atoms with Crippen molar-refractivity contribution < 1.29 is 9.13 Å². The van der Waals surface area contributed by atoms with Crippen molar-refractivity contribution in [2.75, 3.05) is 14.2 Å². The molecule has 2 nitrogen and oxygen atoms in total. The second-order valence-electron chi connectivity index (χ2n) is 4.64. The molecule has 18 heavy (non-hydrogen) atoms. The van der Waals surface area contributed by atoms with Gasteiger partial charge in [-0.2, -0.15) is 0 Å². The van der Waals surface area contributed by atoms with Crippen LogP contribution in [0.5, 0.6) is 5.75 Å². The number of allylic oxidation sites excluding steroid dienone is 1. The molecule has 0 saturated heterocycles. The Balaban J connectivity index is 2.27. The standard InChI is InChI=1S/C15H20FNO/c1-17-15(11-6-4-3-5-7-11)12-8-9-14(18-2)13(16)10-12/h6,8-10,15,17H,3-5,7H2,1-2H3. The number of methoxy groups -OCH3 is 1. The topological polar surface area (TPSA) is 21.3 Å². The number of hydrogen-bond donors (Lipinski definition) is 1. The third kappa shape index (κ3) is 2.72. The number of hydrogen-bond acceptors (Lipinski definition) is 2. The molecular weight excluding hydrogens is 229 g/mol. The van der Waals surface area contributed by atoms with Gasteiger partial charge in [-0.05, 0) is 50.4 Å². The summed E-state index contributed by atoms with van der Waals surface area (Å²) in [6.07, 6.45) is 7.00. The van der Waals surface area contributed by atoms with E-state index in [-0.39, 0.29) is 11.9 Å². The second kappa shape index (κ2) is 6.01. The lowest BCUT2D eigenvalue weighted by atomic mass is 9.90. The highest BCUT2D eigenvalue weighted by Crippen LogP contribution is 2.31. The van der Waals surface area contributed by atoms with Crippen LogP contribution in [0.2, 0.25) is 0 Å². The van der Waals surface area contributed by atoms with Gasteiger partial charge >= 0.3 is 0 Å². The van der Waals surface area contributed by atoms with Gasteiger partial charge in [0, 0.05) is 0 Å².